The van der Waals surface area contributed by atoms with Gasteiger partial charge in [0, 0.05) is 0 Å². The standard InChI is InChI=1S/C10H14N2O2/c13-8-11-10(12-9-14)6-4-2-1-3-5-7-10/h1-7H2. The van der Waals surface area contributed by atoms with E-state index in [1.165, 1.54) is 18.6 Å². The van der Waals surface area contributed by atoms with Gasteiger partial charge in [-0.2, -0.15) is 9.98 Å². The second-order valence-electron chi connectivity index (χ2n) is 3.66. The first-order valence-electron chi connectivity index (χ1n) is 5.01. The first kappa shape index (κ1) is 10.8. The molecule has 14 heavy (non-hydrogen) atoms. The summed E-state index contributed by atoms with van der Waals surface area (Å²) in [6.07, 6.45) is 9.71. The van der Waals surface area contributed by atoms with Crippen LogP contribution < -0.4 is 0 Å². The second-order valence-corrected chi connectivity index (χ2v) is 3.66. The van der Waals surface area contributed by atoms with Crippen molar-refractivity contribution < 1.29 is 9.59 Å². The molecule has 0 aromatic heterocycles. The lowest BCUT2D eigenvalue weighted by atomic mass is 9.92. The van der Waals surface area contributed by atoms with Crippen LogP contribution in [0.2, 0.25) is 0 Å². The van der Waals surface area contributed by atoms with Crippen molar-refractivity contribution in [2.24, 2.45) is 9.98 Å². The van der Waals surface area contributed by atoms with Crippen LogP contribution in [0.25, 0.3) is 0 Å². The van der Waals surface area contributed by atoms with Crippen LogP contribution in [0.5, 0.6) is 0 Å². The van der Waals surface area contributed by atoms with Gasteiger partial charge in [0.15, 0.2) is 5.66 Å². The summed E-state index contributed by atoms with van der Waals surface area (Å²) in [5.41, 5.74) is -0.843. The van der Waals surface area contributed by atoms with E-state index in [1.807, 2.05) is 0 Å². The highest BCUT2D eigenvalue weighted by atomic mass is 16.1. The van der Waals surface area contributed by atoms with Crippen LogP contribution in [-0.4, -0.2) is 17.8 Å². The second kappa shape index (κ2) is 5.48. The Morgan fingerprint density at radius 2 is 1.21 bits per heavy atom. The van der Waals surface area contributed by atoms with E-state index in [9.17, 15) is 9.59 Å². The number of nitrogens with zero attached hydrogens (tertiary/aromatic N) is 2. The van der Waals surface area contributed by atoms with Crippen LogP contribution >= 0.6 is 0 Å². The van der Waals surface area contributed by atoms with Gasteiger partial charge < -0.3 is 0 Å². The van der Waals surface area contributed by atoms with Gasteiger partial charge in [0.05, 0.1) is 0 Å². The van der Waals surface area contributed by atoms with E-state index in [0.29, 0.717) is 12.8 Å². The SMILES string of the molecule is O=C=NC1(N=C=O)CCCCCCC1. The first-order chi connectivity index (χ1) is 6.83. The Morgan fingerprint density at radius 1 is 0.786 bits per heavy atom. The van der Waals surface area contributed by atoms with Crippen molar-refractivity contribution in [3.63, 3.8) is 0 Å². The van der Waals surface area contributed by atoms with E-state index in [4.69, 9.17) is 0 Å². The molecular weight excluding hydrogens is 180 g/mol. The maximum Gasteiger partial charge on any atom is 0.237 e. The molecule has 0 saturated heterocycles. The quantitative estimate of drug-likeness (QED) is 0.499. The third-order valence-corrected chi connectivity index (χ3v) is 2.66. The van der Waals surface area contributed by atoms with Crippen molar-refractivity contribution >= 4 is 12.2 Å². The van der Waals surface area contributed by atoms with Crippen LogP contribution in [0.3, 0.4) is 0 Å². The fourth-order valence-corrected chi connectivity index (χ4v) is 1.89. The summed E-state index contributed by atoms with van der Waals surface area (Å²) in [6, 6.07) is 0. The number of hydrogen-bond donors (Lipinski definition) is 0. The van der Waals surface area contributed by atoms with E-state index in [2.05, 4.69) is 9.98 Å². The average Bonchev–Trinajstić information content (AvgIpc) is 2.12. The first-order valence-corrected chi connectivity index (χ1v) is 5.01. The summed E-state index contributed by atoms with van der Waals surface area (Å²) >= 11 is 0. The van der Waals surface area contributed by atoms with Crippen LogP contribution in [0.1, 0.15) is 44.9 Å². The summed E-state index contributed by atoms with van der Waals surface area (Å²) < 4.78 is 0. The van der Waals surface area contributed by atoms with Crippen LogP contribution in [0.4, 0.5) is 0 Å². The smallest absolute Gasteiger partial charge is 0.211 e. The van der Waals surface area contributed by atoms with Gasteiger partial charge in [-0.05, 0) is 25.7 Å². The third-order valence-electron chi connectivity index (χ3n) is 2.66. The van der Waals surface area contributed by atoms with Gasteiger partial charge in [-0.25, -0.2) is 9.59 Å². The summed E-state index contributed by atoms with van der Waals surface area (Å²) in [4.78, 5) is 27.9. The number of carbonyl (C=O) groups excluding carboxylic acids is 2. The molecule has 1 aliphatic rings. The van der Waals surface area contributed by atoms with Crippen molar-refractivity contribution in [1.29, 1.82) is 0 Å². The molecule has 0 atom stereocenters. The molecule has 4 nitrogen and oxygen atoms in total. The maximum absolute atomic E-state index is 10.3. The molecule has 0 aromatic carbocycles. The van der Waals surface area contributed by atoms with Crippen molar-refractivity contribution in [2.75, 3.05) is 0 Å². The Morgan fingerprint density at radius 3 is 1.64 bits per heavy atom. The highest BCUT2D eigenvalue weighted by Crippen LogP contribution is 2.30. The molecule has 0 unspecified atom stereocenters. The topological polar surface area (TPSA) is 58.9 Å². The molecule has 0 amide bonds. The maximum atomic E-state index is 10.3. The average molecular weight is 194 g/mol. The highest BCUT2D eigenvalue weighted by molar-refractivity contribution is 5.39. The zero-order valence-corrected chi connectivity index (χ0v) is 8.16. The molecule has 0 spiro atoms. The Labute approximate surface area is 83.1 Å². The minimum atomic E-state index is -0.843. The molecule has 1 rings (SSSR count). The number of isocyanates is 2. The van der Waals surface area contributed by atoms with Gasteiger partial charge in [0.25, 0.3) is 0 Å². The lowest BCUT2D eigenvalue weighted by Crippen LogP contribution is -2.24. The predicted octanol–water partition coefficient (Wildman–Crippen LogP) is 2.10. The van der Waals surface area contributed by atoms with E-state index in [1.54, 1.807) is 0 Å². The molecule has 0 N–H and O–H groups in total. The lowest BCUT2D eigenvalue weighted by molar-refractivity contribution is 0.329. The molecule has 0 heterocycles. The number of rotatable bonds is 2. The predicted molar refractivity (Wildman–Crippen MR) is 51.3 cm³/mol. The van der Waals surface area contributed by atoms with Crippen molar-refractivity contribution in [3.8, 4) is 0 Å². The molecule has 0 bridgehead atoms. The summed E-state index contributed by atoms with van der Waals surface area (Å²) in [5.74, 6) is 0. The van der Waals surface area contributed by atoms with Crippen molar-refractivity contribution in [3.05, 3.63) is 0 Å². The Hall–Kier alpha value is -1.24. The fraction of sp³-hybridized carbons (Fsp3) is 0.800. The van der Waals surface area contributed by atoms with Gasteiger partial charge >= 0.3 is 0 Å². The Kier molecular flexibility index (Phi) is 4.24. The van der Waals surface area contributed by atoms with Gasteiger partial charge in [0.2, 0.25) is 12.2 Å². The molecule has 1 saturated carbocycles. The number of hydrogen-bond acceptors (Lipinski definition) is 4. The lowest BCUT2D eigenvalue weighted by Gasteiger charge is -2.23. The zero-order valence-electron chi connectivity index (χ0n) is 8.16. The van der Waals surface area contributed by atoms with E-state index < -0.39 is 5.66 Å². The molecule has 0 aliphatic heterocycles. The van der Waals surface area contributed by atoms with E-state index in [0.717, 1.165) is 25.7 Å². The van der Waals surface area contributed by atoms with Crippen LogP contribution in [0.15, 0.2) is 9.98 Å². The van der Waals surface area contributed by atoms with Crippen molar-refractivity contribution in [2.45, 2.75) is 50.6 Å². The molecule has 1 aliphatic carbocycles. The van der Waals surface area contributed by atoms with E-state index >= 15 is 0 Å². The molecular formula is C10H14N2O2. The van der Waals surface area contributed by atoms with Crippen molar-refractivity contribution in [1.82, 2.24) is 0 Å². The van der Waals surface area contributed by atoms with Gasteiger partial charge in [-0.3, -0.25) is 0 Å². The largest absolute Gasteiger partial charge is 0.237 e. The minimum absolute atomic E-state index is 0.664. The highest BCUT2D eigenvalue weighted by Gasteiger charge is 2.29. The van der Waals surface area contributed by atoms with Crippen LogP contribution in [0, 0.1) is 0 Å². The fourth-order valence-electron chi connectivity index (χ4n) is 1.89. The molecule has 1 fully saturated rings. The molecule has 76 valence electrons. The molecule has 4 heteroatoms. The molecule has 0 radical (unpaired) electrons. The number of aliphatic imine (C=N–C) groups is 2. The Bertz CT molecular complexity index is 248. The zero-order chi connectivity index (χ0) is 10.3. The summed E-state index contributed by atoms with van der Waals surface area (Å²) in [7, 11) is 0. The van der Waals surface area contributed by atoms with Gasteiger partial charge in [-0.15, -0.1) is 0 Å². The summed E-state index contributed by atoms with van der Waals surface area (Å²) in [5, 5.41) is 0. The molecule has 0 aromatic rings. The van der Waals surface area contributed by atoms with Crippen LogP contribution in [-0.2, 0) is 9.59 Å². The minimum Gasteiger partial charge on any atom is -0.211 e. The monoisotopic (exact) mass is 194 g/mol. The normalized spacial score (nSPS) is 20.9. The third kappa shape index (κ3) is 2.91. The van der Waals surface area contributed by atoms with Gasteiger partial charge in [0.1, 0.15) is 0 Å². The van der Waals surface area contributed by atoms with E-state index in [-0.39, 0.29) is 0 Å². The van der Waals surface area contributed by atoms with Gasteiger partial charge in [-0.1, -0.05) is 19.3 Å². The summed E-state index contributed by atoms with van der Waals surface area (Å²) in [6.45, 7) is 0. The Balaban J connectivity index is 2.80.